The first kappa shape index (κ1) is 15.4. The molecular formula is C13H16N2O5S. The topological polar surface area (TPSA) is 98.5 Å². The SMILES string of the molecule is CC(OC(=O)c1ccc([N+](=O)[O-])s1)C(=O)NC1CCCC1. The molecule has 114 valence electrons. The van der Waals surface area contributed by atoms with Gasteiger partial charge in [0.1, 0.15) is 4.88 Å². The van der Waals surface area contributed by atoms with Crippen LogP contribution < -0.4 is 5.32 Å². The average molecular weight is 312 g/mol. The van der Waals surface area contributed by atoms with Crippen molar-refractivity contribution < 1.29 is 19.2 Å². The highest BCUT2D eigenvalue weighted by atomic mass is 32.1. The molecule has 1 aliphatic rings. The zero-order valence-corrected chi connectivity index (χ0v) is 12.4. The lowest BCUT2D eigenvalue weighted by Crippen LogP contribution is -2.40. The van der Waals surface area contributed by atoms with Crippen molar-refractivity contribution in [2.75, 3.05) is 0 Å². The highest BCUT2D eigenvalue weighted by molar-refractivity contribution is 7.17. The number of nitro groups is 1. The van der Waals surface area contributed by atoms with Gasteiger partial charge in [0.25, 0.3) is 5.91 Å². The summed E-state index contributed by atoms with van der Waals surface area (Å²) in [6.45, 7) is 1.49. The Morgan fingerprint density at radius 2 is 2.10 bits per heavy atom. The Balaban J connectivity index is 1.88. The fourth-order valence-electron chi connectivity index (χ4n) is 2.20. The molecule has 1 fully saturated rings. The molecule has 1 aromatic heterocycles. The second kappa shape index (κ2) is 6.66. The van der Waals surface area contributed by atoms with Crippen LogP contribution in [-0.4, -0.2) is 28.9 Å². The van der Waals surface area contributed by atoms with E-state index in [-0.39, 0.29) is 21.8 Å². The molecule has 0 spiro atoms. The molecule has 7 nitrogen and oxygen atoms in total. The number of esters is 1. The van der Waals surface area contributed by atoms with E-state index in [1.54, 1.807) is 0 Å². The summed E-state index contributed by atoms with van der Waals surface area (Å²) < 4.78 is 5.04. The minimum atomic E-state index is -0.917. The van der Waals surface area contributed by atoms with Crippen molar-refractivity contribution in [1.29, 1.82) is 0 Å². The van der Waals surface area contributed by atoms with Crippen LogP contribution in [0.25, 0.3) is 0 Å². The van der Waals surface area contributed by atoms with Crippen LogP contribution in [0, 0.1) is 10.1 Å². The third kappa shape index (κ3) is 4.01. The second-order valence-electron chi connectivity index (χ2n) is 4.93. The molecular weight excluding hydrogens is 296 g/mol. The van der Waals surface area contributed by atoms with E-state index in [4.69, 9.17) is 4.74 Å². The Bertz CT molecular complexity index is 551. The predicted molar refractivity (Wildman–Crippen MR) is 76.2 cm³/mol. The number of nitrogens with one attached hydrogen (secondary N) is 1. The fraction of sp³-hybridized carbons (Fsp3) is 0.538. The van der Waals surface area contributed by atoms with Gasteiger partial charge in [-0.05, 0) is 25.8 Å². The van der Waals surface area contributed by atoms with Crippen LogP contribution in [0.3, 0.4) is 0 Å². The Hall–Kier alpha value is -1.96. The van der Waals surface area contributed by atoms with Gasteiger partial charge in [0.15, 0.2) is 6.10 Å². The summed E-state index contributed by atoms with van der Waals surface area (Å²) in [5.74, 6) is -1.05. The number of thiophene rings is 1. The number of rotatable bonds is 5. The van der Waals surface area contributed by atoms with Gasteiger partial charge in [-0.3, -0.25) is 14.9 Å². The quantitative estimate of drug-likeness (QED) is 0.511. The van der Waals surface area contributed by atoms with Crippen LogP contribution in [0.4, 0.5) is 5.00 Å². The van der Waals surface area contributed by atoms with Crippen molar-refractivity contribution in [2.24, 2.45) is 0 Å². The normalized spacial score (nSPS) is 16.4. The van der Waals surface area contributed by atoms with Gasteiger partial charge in [-0.2, -0.15) is 0 Å². The summed E-state index contributed by atoms with van der Waals surface area (Å²) in [4.78, 5) is 33.8. The zero-order chi connectivity index (χ0) is 15.4. The lowest BCUT2D eigenvalue weighted by Gasteiger charge is -2.16. The van der Waals surface area contributed by atoms with Crippen LogP contribution in [0.2, 0.25) is 0 Å². The number of ether oxygens (including phenoxy) is 1. The van der Waals surface area contributed by atoms with Crippen molar-refractivity contribution >= 4 is 28.2 Å². The van der Waals surface area contributed by atoms with Gasteiger partial charge in [0.05, 0.1) is 4.92 Å². The summed E-state index contributed by atoms with van der Waals surface area (Å²) >= 11 is 0.730. The van der Waals surface area contributed by atoms with Crippen LogP contribution in [0.15, 0.2) is 12.1 Å². The summed E-state index contributed by atoms with van der Waals surface area (Å²) in [5.41, 5.74) is 0. The maximum absolute atomic E-state index is 11.9. The minimum absolute atomic E-state index is 0.113. The lowest BCUT2D eigenvalue weighted by atomic mass is 10.2. The van der Waals surface area contributed by atoms with Gasteiger partial charge >= 0.3 is 11.0 Å². The highest BCUT2D eigenvalue weighted by Gasteiger charge is 2.24. The lowest BCUT2D eigenvalue weighted by molar-refractivity contribution is -0.380. The van der Waals surface area contributed by atoms with Gasteiger partial charge in [0.2, 0.25) is 0 Å². The van der Waals surface area contributed by atoms with Gasteiger partial charge in [-0.1, -0.05) is 24.2 Å². The van der Waals surface area contributed by atoms with Gasteiger partial charge < -0.3 is 10.1 Å². The van der Waals surface area contributed by atoms with Crippen LogP contribution >= 0.6 is 11.3 Å². The first-order chi connectivity index (χ1) is 9.97. The fourth-order valence-corrected chi connectivity index (χ4v) is 2.90. The Labute approximate surface area is 125 Å². The van der Waals surface area contributed by atoms with Crippen LogP contribution in [0.5, 0.6) is 0 Å². The molecule has 1 amide bonds. The van der Waals surface area contributed by atoms with Crippen molar-refractivity contribution in [2.45, 2.75) is 44.8 Å². The Kier molecular flexibility index (Phi) is 4.89. The zero-order valence-electron chi connectivity index (χ0n) is 11.5. The smallest absolute Gasteiger partial charge is 0.349 e. The van der Waals surface area contributed by atoms with E-state index in [2.05, 4.69) is 5.32 Å². The number of hydrogen-bond acceptors (Lipinski definition) is 6. The molecule has 21 heavy (non-hydrogen) atoms. The number of hydrogen-bond donors (Lipinski definition) is 1. The monoisotopic (exact) mass is 312 g/mol. The molecule has 1 heterocycles. The Morgan fingerprint density at radius 1 is 1.43 bits per heavy atom. The molecule has 0 saturated heterocycles. The van der Waals surface area contributed by atoms with Gasteiger partial charge in [0, 0.05) is 12.1 Å². The molecule has 0 aliphatic heterocycles. The summed E-state index contributed by atoms with van der Waals surface area (Å²) in [6.07, 6.45) is 3.17. The summed E-state index contributed by atoms with van der Waals surface area (Å²) in [7, 11) is 0. The number of nitrogens with zero attached hydrogens (tertiary/aromatic N) is 1. The first-order valence-corrected chi connectivity index (χ1v) is 7.54. The summed E-state index contributed by atoms with van der Waals surface area (Å²) in [6, 6.07) is 2.72. The van der Waals surface area contributed by atoms with Crippen LogP contribution in [0.1, 0.15) is 42.3 Å². The standard InChI is InChI=1S/C13H16N2O5S/c1-8(12(16)14-9-4-2-3-5-9)20-13(17)10-6-7-11(21-10)15(18)19/h6-9H,2-5H2,1H3,(H,14,16). The van der Waals surface area contributed by atoms with Crippen molar-refractivity contribution in [3.63, 3.8) is 0 Å². The third-order valence-corrected chi connectivity index (χ3v) is 4.34. The molecule has 1 N–H and O–H groups in total. The van der Waals surface area contributed by atoms with E-state index < -0.39 is 17.0 Å². The number of amides is 1. The molecule has 1 aromatic rings. The van der Waals surface area contributed by atoms with E-state index >= 15 is 0 Å². The average Bonchev–Trinajstić information content (AvgIpc) is 3.09. The van der Waals surface area contributed by atoms with E-state index in [1.807, 2.05) is 0 Å². The Morgan fingerprint density at radius 3 is 2.67 bits per heavy atom. The second-order valence-corrected chi connectivity index (χ2v) is 5.99. The number of carbonyl (C=O) groups excluding carboxylic acids is 2. The number of carbonyl (C=O) groups is 2. The molecule has 1 aliphatic carbocycles. The van der Waals surface area contributed by atoms with Crippen molar-refractivity contribution in [1.82, 2.24) is 5.32 Å². The van der Waals surface area contributed by atoms with E-state index in [0.717, 1.165) is 37.0 Å². The molecule has 8 heteroatoms. The van der Waals surface area contributed by atoms with Gasteiger partial charge in [-0.25, -0.2) is 4.79 Å². The molecule has 1 atom stereocenters. The molecule has 0 aromatic carbocycles. The third-order valence-electron chi connectivity index (χ3n) is 3.33. The van der Waals surface area contributed by atoms with Crippen LogP contribution in [-0.2, 0) is 9.53 Å². The first-order valence-electron chi connectivity index (χ1n) is 6.73. The van der Waals surface area contributed by atoms with Gasteiger partial charge in [-0.15, -0.1) is 0 Å². The van der Waals surface area contributed by atoms with E-state index in [9.17, 15) is 19.7 Å². The van der Waals surface area contributed by atoms with E-state index in [0.29, 0.717) is 0 Å². The molecule has 0 radical (unpaired) electrons. The largest absolute Gasteiger partial charge is 0.448 e. The van der Waals surface area contributed by atoms with Crippen molar-refractivity contribution in [3.8, 4) is 0 Å². The van der Waals surface area contributed by atoms with Crippen molar-refractivity contribution in [3.05, 3.63) is 27.1 Å². The molecule has 2 rings (SSSR count). The minimum Gasteiger partial charge on any atom is -0.448 e. The van der Waals surface area contributed by atoms with E-state index in [1.165, 1.54) is 19.1 Å². The maximum Gasteiger partial charge on any atom is 0.349 e. The molecule has 0 bridgehead atoms. The highest BCUT2D eigenvalue weighted by Crippen LogP contribution is 2.25. The predicted octanol–water partition coefficient (Wildman–Crippen LogP) is 2.26. The molecule has 1 unspecified atom stereocenters. The maximum atomic E-state index is 11.9. The molecule has 1 saturated carbocycles. The summed E-state index contributed by atoms with van der Waals surface area (Å²) in [5, 5.41) is 13.3.